The van der Waals surface area contributed by atoms with E-state index in [2.05, 4.69) is 26.2 Å². The summed E-state index contributed by atoms with van der Waals surface area (Å²) in [5, 5.41) is 43.9. The Kier molecular flexibility index (Phi) is 8.95. The van der Waals surface area contributed by atoms with Crippen molar-refractivity contribution >= 4 is 53.4 Å². The van der Waals surface area contributed by atoms with Crippen LogP contribution in [0.2, 0.25) is 0 Å². The third-order valence-electron chi connectivity index (χ3n) is 5.86. The number of rotatable bonds is 10. The van der Waals surface area contributed by atoms with Crippen molar-refractivity contribution in [3.8, 4) is 5.75 Å². The molecule has 2 aliphatic rings. The van der Waals surface area contributed by atoms with E-state index in [-0.39, 0.29) is 28.1 Å². The van der Waals surface area contributed by atoms with E-state index in [4.69, 9.17) is 9.84 Å². The molecule has 0 saturated carbocycles. The summed E-state index contributed by atoms with van der Waals surface area (Å²) < 4.78 is 6.33. The van der Waals surface area contributed by atoms with Crippen molar-refractivity contribution in [2.24, 2.45) is 0 Å². The van der Waals surface area contributed by atoms with Gasteiger partial charge in [0, 0.05) is 11.5 Å². The number of hydrogen-bond acceptors (Lipinski definition) is 12. The minimum Gasteiger partial charge on any atom is -0.508 e. The molecule has 3 atom stereocenters. The van der Waals surface area contributed by atoms with Crippen LogP contribution in [0.25, 0.3) is 0 Å². The lowest BCUT2D eigenvalue weighted by molar-refractivity contribution is -0.151. The van der Waals surface area contributed by atoms with Gasteiger partial charge in [-0.2, -0.15) is 0 Å². The van der Waals surface area contributed by atoms with Crippen LogP contribution >= 0.6 is 23.5 Å². The zero-order valence-corrected chi connectivity index (χ0v) is 24.1. The van der Waals surface area contributed by atoms with Gasteiger partial charge >= 0.3 is 18.0 Å². The Bertz CT molecular complexity index is 1440. The monoisotopic (exact) mass is 621 g/mol. The quantitative estimate of drug-likeness (QED) is 0.180. The Morgan fingerprint density at radius 1 is 1.19 bits per heavy atom. The summed E-state index contributed by atoms with van der Waals surface area (Å²) in [5.41, 5.74) is -0.376. The lowest BCUT2D eigenvalue weighted by atomic mass is 10.0. The molecule has 3 amide bonds. The number of carboxylic acids is 2. The summed E-state index contributed by atoms with van der Waals surface area (Å²) in [4.78, 5) is 63.3. The summed E-state index contributed by atoms with van der Waals surface area (Å²) in [6, 6.07) is 3.18. The number of amides is 3. The van der Waals surface area contributed by atoms with Crippen molar-refractivity contribution in [3.05, 3.63) is 41.1 Å². The highest BCUT2D eigenvalue weighted by Crippen LogP contribution is 2.41. The summed E-state index contributed by atoms with van der Waals surface area (Å²) >= 11 is 2.26. The molecule has 1 fully saturated rings. The Labute approximate surface area is 246 Å². The second kappa shape index (κ2) is 12.3. The minimum absolute atomic E-state index is 0.0565. The second-order valence-electron chi connectivity index (χ2n) is 10.1. The maximum atomic E-state index is 13.4. The van der Waals surface area contributed by atoms with Crippen molar-refractivity contribution in [1.29, 1.82) is 0 Å². The number of nitrogens with zero attached hydrogens (tertiary/aromatic N) is 5. The van der Waals surface area contributed by atoms with Crippen LogP contribution in [-0.4, -0.2) is 98.8 Å². The van der Waals surface area contributed by atoms with Crippen molar-refractivity contribution in [3.63, 3.8) is 0 Å². The van der Waals surface area contributed by atoms with Gasteiger partial charge in [0.15, 0.2) is 0 Å². The number of thioether (sulfide) groups is 2. The highest BCUT2D eigenvalue weighted by Gasteiger charge is 2.54. The van der Waals surface area contributed by atoms with Crippen LogP contribution in [0.3, 0.4) is 0 Å². The number of carbonyl (C=O) groups is 5. The Morgan fingerprint density at radius 3 is 2.50 bits per heavy atom. The van der Waals surface area contributed by atoms with Crippen molar-refractivity contribution in [2.75, 3.05) is 11.5 Å². The van der Waals surface area contributed by atoms with Gasteiger partial charge in [-0.05, 0) is 54.5 Å². The molecule has 0 spiro atoms. The van der Waals surface area contributed by atoms with Gasteiger partial charge < -0.3 is 30.7 Å². The first-order chi connectivity index (χ1) is 19.7. The van der Waals surface area contributed by atoms with E-state index in [0.717, 1.165) is 21.3 Å². The second-order valence-corrected chi connectivity index (χ2v) is 12.2. The molecule has 0 aliphatic carbocycles. The number of aliphatic carboxylic acids is 2. The van der Waals surface area contributed by atoms with E-state index < -0.39 is 59.4 Å². The van der Waals surface area contributed by atoms with E-state index in [1.807, 2.05) is 0 Å². The van der Waals surface area contributed by atoms with Gasteiger partial charge in [0.2, 0.25) is 11.1 Å². The molecule has 2 aliphatic heterocycles. The molecule has 1 aromatic heterocycles. The largest absolute Gasteiger partial charge is 0.508 e. The average Bonchev–Trinajstić information content (AvgIpc) is 3.33. The van der Waals surface area contributed by atoms with Crippen LogP contribution in [0.4, 0.5) is 4.79 Å². The van der Waals surface area contributed by atoms with E-state index in [1.165, 1.54) is 36.0 Å². The summed E-state index contributed by atoms with van der Waals surface area (Å²) in [7, 11) is 0. The third kappa shape index (κ3) is 6.93. The number of aromatic nitrogens is 4. The molecule has 1 saturated heterocycles. The number of tetrazole rings is 1. The molecule has 2 aromatic rings. The van der Waals surface area contributed by atoms with Gasteiger partial charge in [-0.1, -0.05) is 23.9 Å². The zero-order valence-electron chi connectivity index (χ0n) is 22.5. The SMILES string of the molecule is CC(C)(C)OC(=O)NC(C(=O)NC1C(=O)N2C(C(=O)O)=C(CSc3nnnn3CC(=O)O)CS[C@H]12)c1ccc(O)cc1. The standard InChI is InChI=1S/C24H27N7O9S2/c1-24(2,3)40-23(39)26-15(11-4-6-13(32)7-5-11)18(35)25-16-19(36)31-17(21(37)38)12(9-41-20(16)31)10-42-22-27-28-29-30(22)8-14(33)34/h4-7,15-16,20,32H,8-10H2,1-3H3,(H,25,35)(H,26,39)(H,33,34)(H,37,38)/t15?,16?,20-/m1/s1. The molecule has 2 unspecified atom stereocenters. The Hall–Kier alpha value is -4.32. The van der Waals surface area contributed by atoms with Crippen molar-refractivity contribution in [2.45, 2.75) is 55.5 Å². The number of fused-ring (bicyclic) bond motifs is 1. The predicted molar refractivity (Wildman–Crippen MR) is 146 cm³/mol. The molecule has 0 bridgehead atoms. The fourth-order valence-electron chi connectivity index (χ4n) is 4.10. The first kappa shape index (κ1) is 30.6. The number of aromatic hydroxyl groups is 1. The predicted octanol–water partition coefficient (Wildman–Crippen LogP) is 0.560. The van der Waals surface area contributed by atoms with Gasteiger partial charge in [-0.15, -0.1) is 16.9 Å². The van der Waals surface area contributed by atoms with Crippen LogP contribution in [0, 0.1) is 0 Å². The number of hydrogen-bond donors (Lipinski definition) is 5. The molecule has 224 valence electrons. The molecule has 4 rings (SSSR count). The van der Waals surface area contributed by atoms with Crippen LogP contribution in [-0.2, 0) is 30.5 Å². The normalized spacial score (nSPS) is 18.9. The number of nitrogens with one attached hydrogen (secondary N) is 2. The highest BCUT2D eigenvalue weighted by atomic mass is 32.2. The minimum atomic E-state index is -1.34. The zero-order chi connectivity index (χ0) is 30.8. The van der Waals surface area contributed by atoms with Crippen molar-refractivity contribution in [1.82, 2.24) is 35.7 Å². The van der Waals surface area contributed by atoms with Gasteiger partial charge in [-0.25, -0.2) is 14.3 Å². The molecule has 1 aromatic carbocycles. The Morgan fingerprint density at radius 2 is 1.88 bits per heavy atom. The third-order valence-corrected chi connectivity index (χ3v) is 8.24. The number of carboxylic acid groups (broad SMARTS) is 2. The number of phenols is 1. The molecular weight excluding hydrogens is 594 g/mol. The van der Waals surface area contributed by atoms with E-state index in [9.17, 15) is 34.2 Å². The molecule has 3 heterocycles. The van der Waals surface area contributed by atoms with Gasteiger partial charge in [0.1, 0.15) is 41.0 Å². The maximum absolute atomic E-state index is 13.4. The number of ether oxygens (including phenoxy) is 1. The highest BCUT2D eigenvalue weighted by molar-refractivity contribution is 8.01. The smallest absolute Gasteiger partial charge is 0.408 e. The molecule has 42 heavy (non-hydrogen) atoms. The molecular formula is C24H27N7O9S2. The average molecular weight is 622 g/mol. The summed E-state index contributed by atoms with van der Waals surface area (Å²) in [6.07, 6.45) is -0.878. The molecule has 5 N–H and O–H groups in total. The lowest BCUT2D eigenvalue weighted by Gasteiger charge is -2.49. The van der Waals surface area contributed by atoms with Crippen LogP contribution in [0.15, 0.2) is 40.7 Å². The Balaban J connectivity index is 1.49. The fraction of sp³-hybridized carbons (Fsp3) is 0.417. The lowest BCUT2D eigenvalue weighted by Crippen LogP contribution is -2.71. The first-order valence-electron chi connectivity index (χ1n) is 12.3. The van der Waals surface area contributed by atoms with E-state index in [1.54, 1.807) is 20.8 Å². The van der Waals surface area contributed by atoms with Gasteiger partial charge in [0.05, 0.1) is 0 Å². The van der Waals surface area contributed by atoms with Crippen LogP contribution in [0.5, 0.6) is 5.75 Å². The summed E-state index contributed by atoms with van der Waals surface area (Å²) in [6.45, 7) is 4.49. The maximum Gasteiger partial charge on any atom is 0.408 e. The first-order valence-corrected chi connectivity index (χ1v) is 14.4. The fourth-order valence-corrected chi connectivity index (χ4v) is 6.46. The summed E-state index contributed by atoms with van der Waals surface area (Å²) in [5.74, 6) is -3.67. The number of β-lactam (4-membered cyclic amide) rings is 1. The number of phenolic OH excluding ortho intramolecular Hbond substituents is 1. The van der Waals surface area contributed by atoms with Gasteiger partial charge in [-0.3, -0.25) is 19.3 Å². The topological polar surface area (TPSA) is 226 Å². The number of alkyl carbamates (subject to hydrolysis) is 1. The van der Waals surface area contributed by atoms with Gasteiger partial charge in [0.25, 0.3) is 5.91 Å². The van der Waals surface area contributed by atoms with Crippen molar-refractivity contribution < 1.29 is 44.0 Å². The number of carbonyl (C=O) groups excluding carboxylic acids is 3. The van der Waals surface area contributed by atoms with E-state index >= 15 is 0 Å². The van der Waals surface area contributed by atoms with Crippen LogP contribution in [0.1, 0.15) is 32.4 Å². The molecule has 16 nitrogen and oxygen atoms in total. The molecule has 18 heteroatoms. The molecule has 0 radical (unpaired) electrons. The number of benzene rings is 1. The van der Waals surface area contributed by atoms with Crippen LogP contribution < -0.4 is 10.6 Å². The van der Waals surface area contributed by atoms with E-state index in [0.29, 0.717) is 11.1 Å².